The van der Waals surface area contributed by atoms with Crippen LogP contribution in [0.4, 0.5) is 0 Å². The molecule has 2 atom stereocenters. The molecule has 122 valence electrons. The second kappa shape index (κ2) is 6.22. The Bertz CT molecular complexity index is 489. The van der Waals surface area contributed by atoms with Gasteiger partial charge in [0.2, 0.25) is 0 Å². The summed E-state index contributed by atoms with van der Waals surface area (Å²) in [7, 11) is -1.10. The van der Waals surface area contributed by atoms with Crippen LogP contribution in [0.5, 0.6) is 0 Å². The fourth-order valence-corrected chi connectivity index (χ4v) is 5.02. The van der Waals surface area contributed by atoms with Crippen LogP contribution in [0.15, 0.2) is 0 Å². The predicted octanol–water partition coefficient (Wildman–Crippen LogP) is 0.338. The number of rotatable bonds is 8. The van der Waals surface area contributed by atoms with Crippen LogP contribution in [-0.2, 0) is 14.6 Å². The van der Waals surface area contributed by atoms with Crippen molar-refractivity contribution in [3.63, 3.8) is 0 Å². The van der Waals surface area contributed by atoms with Gasteiger partial charge < -0.3 is 10.4 Å². The topological polar surface area (TPSA) is 86.7 Å². The highest BCUT2D eigenvalue weighted by atomic mass is 32.2. The van der Waals surface area contributed by atoms with Crippen LogP contribution in [-0.4, -0.2) is 67.6 Å². The van der Waals surface area contributed by atoms with E-state index < -0.39 is 21.3 Å². The lowest BCUT2D eigenvalue weighted by molar-refractivity contribution is -0.147. The van der Waals surface area contributed by atoms with Crippen LogP contribution in [0.25, 0.3) is 0 Å². The molecular formula is C14H26N2O4S. The summed E-state index contributed by atoms with van der Waals surface area (Å²) in [5.74, 6) is -0.293. The molecule has 1 heterocycles. The van der Waals surface area contributed by atoms with Gasteiger partial charge in [0.05, 0.1) is 11.5 Å². The Morgan fingerprint density at radius 1 is 1.38 bits per heavy atom. The Kier molecular flexibility index (Phi) is 4.95. The quantitative estimate of drug-likeness (QED) is 0.671. The molecule has 1 aliphatic heterocycles. The number of carboxylic acids is 1. The van der Waals surface area contributed by atoms with Gasteiger partial charge in [-0.3, -0.25) is 9.69 Å². The van der Waals surface area contributed by atoms with Crippen LogP contribution >= 0.6 is 0 Å². The minimum atomic E-state index is -2.95. The van der Waals surface area contributed by atoms with E-state index in [4.69, 9.17) is 0 Å². The standard InChI is InChI=1S/C14H26N2O4S/c1-3-7-15-14(13(17)18,11-4-5-11)10-16(2)12-6-8-21(19,20)9-12/h11-12,15H,3-10H2,1-2H3,(H,17,18). The SMILES string of the molecule is CCCNC(CN(C)C1CCS(=O)(=O)C1)(C(=O)O)C1CC1. The highest BCUT2D eigenvalue weighted by Crippen LogP contribution is 2.41. The first-order valence-electron chi connectivity index (χ1n) is 7.70. The van der Waals surface area contributed by atoms with Crippen molar-refractivity contribution in [2.75, 3.05) is 31.6 Å². The lowest BCUT2D eigenvalue weighted by Gasteiger charge is -2.37. The van der Waals surface area contributed by atoms with Crippen LogP contribution in [0, 0.1) is 5.92 Å². The molecule has 0 bridgehead atoms. The van der Waals surface area contributed by atoms with Gasteiger partial charge in [-0.1, -0.05) is 6.92 Å². The summed E-state index contributed by atoms with van der Waals surface area (Å²) < 4.78 is 23.2. The van der Waals surface area contributed by atoms with Crippen LogP contribution in [0.3, 0.4) is 0 Å². The maximum Gasteiger partial charge on any atom is 0.325 e. The fourth-order valence-electron chi connectivity index (χ4n) is 3.22. The zero-order valence-corrected chi connectivity index (χ0v) is 13.7. The molecule has 0 amide bonds. The van der Waals surface area contributed by atoms with Gasteiger partial charge in [0.25, 0.3) is 0 Å². The van der Waals surface area contributed by atoms with E-state index in [1.165, 1.54) is 0 Å². The first-order chi connectivity index (χ1) is 9.81. The third kappa shape index (κ3) is 3.76. The largest absolute Gasteiger partial charge is 0.480 e. The molecule has 2 unspecified atom stereocenters. The van der Waals surface area contributed by atoms with Gasteiger partial charge >= 0.3 is 5.97 Å². The smallest absolute Gasteiger partial charge is 0.325 e. The van der Waals surface area contributed by atoms with Crippen molar-refractivity contribution < 1.29 is 18.3 Å². The highest BCUT2D eigenvalue weighted by molar-refractivity contribution is 7.91. The second-order valence-corrected chi connectivity index (χ2v) is 8.68. The predicted molar refractivity (Wildman–Crippen MR) is 81.1 cm³/mol. The minimum absolute atomic E-state index is 0.0594. The maximum atomic E-state index is 11.9. The van der Waals surface area contributed by atoms with Crippen molar-refractivity contribution in [2.45, 2.75) is 44.2 Å². The molecule has 1 saturated carbocycles. The molecule has 2 N–H and O–H groups in total. The molecule has 6 nitrogen and oxygen atoms in total. The molecule has 0 spiro atoms. The molecular weight excluding hydrogens is 292 g/mol. The highest BCUT2D eigenvalue weighted by Gasteiger charge is 2.52. The molecule has 1 aliphatic carbocycles. The summed E-state index contributed by atoms with van der Waals surface area (Å²) in [5.41, 5.74) is -0.933. The summed E-state index contributed by atoms with van der Waals surface area (Å²) in [6, 6.07) is -0.0594. The molecule has 0 radical (unpaired) electrons. The van der Waals surface area contributed by atoms with E-state index in [9.17, 15) is 18.3 Å². The second-order valence-electron chi connectivity index (χ2n) is 6.45. The van der Waals surface area contributed by atoms with E-state index in [1.54, 1.807) is 0 Å². The van der Waals surface area contributed by atoms with Crippen LogP contribution in [0.2, 0.25) is 0 Å². The van der Waals surface area contributed by atoms with Crippen LogP contribution in [0.1, 0.15) is 32.6 Å². The summed E-state index contributed by atoms with van der Waals surface area (Å²) in [6.07, 6.45) is 3.34. The Hall–Kier alpha value is -0.660. The minimum Gasteiger partial charge on any atom is -0.480 e. The van der Waals surface area contributed by atoms with Crippen molar-refractivity contribution in [3.8, 4) is 0 Å². The monoisotopic (exact) mass is 318 g/mol. The van der Waals surface area contributed by atoms with E-state index >= 15 is 0 Å². The van der Waals surface area contributed by atoms with E-state index in [0.29, 0.717) is 19.5 Å². The normalized spacial score (nSPS) is 27.7. The average Bonchev–Trinajstić information content (AvgIpc) is 3.18. The number of hydrogen-bond acceptors (Lipinski definition) is 5. The molecule has 2 rings (SSSR count). The summed E-state index contributed by atoms with van der Waals surface area (Å²) >= 11 is 0. The van der Waals surface area contributed by atoms with E-state index in [-0.39, 0.29) is 23.5 Å². The first-order valence-corrected chi connectivity index (χ1v) is 9.52. The van der Waals surface area contributed by atoms with E-state index in [1.807, 2.05) is 18.9 Å². The van der Waals surface area contributed by atoms with Crippen molar-refractivity contribution in [3.05, 3.63) is 0 Å². The molecule has 21 heavy (non-hydrogen) atoms. The zero-order chi connectivity index (χ0) is 15.7. The number of nitrogens with zero attached hydrogens (tertiary/aromatic N) is 1. The Balaban J connectivity index is 2.09. The van der Waals surface area contributed by atoms with Gasteiger partial charge in [0.1, 0.15) is 5.54 Å². The van der Waals surface area contributed by atoms with Crippen molar-refractivity contribution >= 4 is 15.8 Å². The van der Waals surface area contributed by atoms with Crippen LogP contribution < -0.4 is 5.32 Å². The number of aliphatic carboxylic acids is 1. The molecule has 2 aliphatic rings. The zero-order valence-electron chi connectivity index (χ0n) is 12.8. The van der Waals surface area contributed by atoms with Crippen molar-refractivity contribution in [2.24, 2.45) is 5.92 Å². The molecule has 7 heteroatoms. The number of carboxylic acid groups (broad SMARTS) is 1. The van der Waals surface area contributed by atoms with Gasteiger partial charge in [-0.2, -0.15) is 0 Å². The lowest BCUT2D eigenvalue weighted by Crippen LogP contribution is -2.61. The average molecular weight is 318 g/mol. The van der Waals surface area contributed by atoms with Crippen molar-refractivity contribution in [1.82, 2.24) is 10.2 Å². The maximum absolute atomic E-state index is 11.9. The van der Waals surface area contributed by atoms with Gasteiger partial charge in [0.15, 0.2) is 9.84 Å². The fraction of sp³-hybridized carbons (Fsp3) is 0.929. The summed E-state index contributed by atoms with van der Waals surface area (Å²) in [4.78, 5) is 13.8. The number of likely N-dealkylation sites (N-methyl/N-ethyl adjacent to an activating group) is 1. The van der Waals surface area contributed by atoms with Gasteiger partial charge in [-0.25, -0.2) is 8.42 Å². The van der Waals surface area contributed by atoms with Gasteiger partial charge in [0, 0.05) is 12.6 Å². The summed E-state index contributed by atoms with van der Waals surface area (Å²) in [6.45, 7) is 3.05. The molecule has 2 fully saturated rings. The Labute approximate surface area is 126 Å². The van der Waals surface area contributed by atoms with E-state index in [0.717, 1.165) is 19.3 Å². The number of nitrogens with one attached hydrogen (secondary N) is 1. The molecule has 0 aromatic heterocycles. The molecule has 0 aromatic carbocycles. The van der Waals surface area contributed by atoms with Crippen molar-refractivity contribution in [1.29, 1.82) is 0 Å². The Morgan fingerprint density at radius 2 is 2.05 bits per heavy atom. The van der Waals surface area contributed by atoms with Gasteiger partial charge in [-0.15, -0.1) is 0 Å². The summed E-state index contributed by atoms with van der Waals surface area (Å²) in [5, 5.41) is 13.0. The number of sulfone groups is 1. The van der Waals surface area contributed by atoms with E-state index in [2.05, 4.69) is 5.32 Å². The molecule has 1 saturated heterocycles. The molecule has 0 aromatic rings. The first kappa shape index (κ1) is 16.7. The lowest BCUT2D eigenvalue weighted by atomic mass is 9.91. The number of hydrogen-bond donors (Lipinski definition) is 2. The third-order valence-corrected chi connectivity index (χ3v) is 6.43. The Morgan fingerprint density at radius 3 is 2.48 bits per heavy atom. The third-order valence-electron chi connectivity index (χ3n) is 4.68. The number of carbonyl (C=O) groups is 1. The van der Waals surface area contributed by atoms with Gasteiger partial charge in [-0.05, 0) is 45.2 Å².